The molecule has 2 aliphatic heterocycles. The second-order valence-electron chi connectivity index (χ2n) is 7.65. The van der Waals surface area contributed by atoms with E-state index in [1.54, 1.807) is 0 Å². The monoisotopic (exact) mass is 515 g/mol. The van der Waals surface area contributed by atoms with Crippen molar-refractivity contribution in [1.29, 1.82) is 0 Å². The third kappa shape index (κ3) is 11.2. The number of hydrogen-bond donors (Lipinski definition) is 2. The van der Waals surface area contributed by atoms with Crippen LogP contribution in [0.4, 0.5) is 0 Å². The molecule has 36 heavy (non-hydrogen) atoms. The Bertz CT molecular complexity index is 773. The van der Waals surface area contributed by atoms with Crippen LogP contribution in [0.1, 0.15) is 25.7 Å². The Kier molecular flexibility index (Phi) is 13.6. The predicted octanol–water partition coefficient (Wildman–Crippen LogP) is -1.73. The maximum absolute atomic E-state index is 11.7. The summed E-state index contributed by atoms with van der Waals surface area (Å²) in [5.41, 5.74) is 0. The van der Waals surface area contributed by atoms with Gasteiger partial charge in [0.1, 0.15) is 6.23 Å². The number of nitrogens with zero attached hydrogens (tertiary/aromatic N) is 2. The van der Waals surface area contributed by atoms with Gasteiger partial charge in [-0.25, -0.2) is 4.79 Å². The van der Waals surface area contributed by atoms with Crippen molar-refractivity contribution >= 4 is 29.6 Å². The van der Waals surface area contributed by atoms with Gasteiger partial charge >= 0.3 is 5.97 Å². The number of carbonyl (C=O) groups excluding carboxylic acids is 5. The van der Waals surface area contributed by atoms with Gasteiger partial charge in [-0.15, -0.1) is 5.06 Å². The van der Waals surface area contributed by atoms with Crippen LogP contribution in [-0.2, 0) is 47.8 Å². The topological polar surface area (TPSA) is 170 Å². The van der Waals surface area contributed by atoms with Crippen LogP contribution >= 0.6 is 0 Å². The number of nitrogens with one attached hydrogen (secondary N) is 1. The number of amides is 4. The molecule has 0 spiro atoms. The summed E-state index contributed by atoms with van der Waals surface area (Å²) in [6.45, 7) is 2.84. The summed E-state index contributed by atoms with van der Waals surface area (Å²) >= 11 is 0. The highest BCUT2D eigenvalue weighted by Gasteiger charge is 2.32. The van der Waals surface area contributed by atoms with E-state index in [4.69, 9.17) is 23.8 Å². The summed E-state index contributed by atoms with van der Waals surface area (Å²) in [4.78, 5) is 63.4. The molecule has 1 fully saturated rings. The Morgan fingerprint density at radius 1 is 0.861 bits per heavy atom. The zero-order chi connectivity index (χ0) is 26.2. The van der Waals surface area contributed by atoms with Crippen molar-refractivity contribution in [3.05, 3.63) is 12.2 Å². The minimum atomic E-state index is -0.973. The number of imide groups is 1. The van der Waals surface area contributed by atoms with Gasteiger partial charge in [0, 0.05) is 38.4 Å². The van der Waals surface area contributed by atoms with Crippen LogP contribution in [0.5, 0.6) is 0 Å². The quantitative estimate of drug-likeness (QED) is 0.148. The van der Waals surface area contributed by atoms with Gasteiger partial charge in [0.2, 0.25) is 11.8 Å². The number of rotatable bonds is 19. The van der Waals surface area contributed by atoms with E-state index >= 15 is 0 Å². The van der Waals surface area contributed by atoms with Gasteiger partial charge in [-0.1, -0.05) is 0 Å². The highest BCUT2D eigenvalue weighted by atomic mass is 16.7. The molecule has 0 bridgehead atoms. The number of ether oxygens (including phenoxy) is 4. The third-order valence-electron chi connectivity index (χ3n) is 4.93. The summed E-state index contributed by atoms with van der Waals surface area (Å²) in [7, 11) is 0. The van der Waals surface area contributed by atoms with Crippen molar-refractivity contribution in [3.63, 3.8) is 0 Å². The summed E-state index contributed by atoms with van der Waals surface area (Å²) in [6.07, 6.45) is 1.77. The number of hydroxylamine groups is 2. The molecule has 2 rings (SSSR count). The van der Waals surface area contributed by atoms with E-state index in [0.29, 0.717) is 51.2 Å². The highest BCUT2D eigenvalue weighted by molar-refractivity contribution is 6.01. The van der Waals surface area contributed by atoms with E-state index in [-0.39, 0.29) is 57.3 Å². The maximum atomic E-state index is 11.7. The number of aliphatic hydroxyl groups excluding tert-OH is 1. The van der Waals surface area contributed by atoms with Gasteiger partial charge in [-0.3, -0.25) is 19.2 Å². The van der Waals surface area contributed by atoms with Crippen LogP contribution in [0.2, 0.25) is 0 Å². The molecule has 0 aromatic heterocycles. The fraction of sp³-hybridized carbons (Fsp3) is 0.682. The van der Waals surface area contributed by atoms with Crippen molar-refractivity contribution < 1.29 is 52.9 Å². The van der Waals surface area contributed by atoms with E-state index in [1.165, 1.54) is 17.1 Å². The van der Waals surface area contributed by atoms with Crippen LogP contribution in [-0.4, -0.2) is 117 Å². The van der Waals surface area contributed by atoms with Gasteiger partial charge in [0.15, 0.2) is 0 Å². The highest BCUT2D eigenvalue weighted by Crippen LogP contribution is 2.12. The Morgan fingerprint density at radius 3 is 1.97 bits per heavy atom. The second-order valence-corrected chi connectivity index (χ2v) is 7.65. The Hall–Kier alpha value is -2.91. The van der Waals surface area contributed by atoms with Crippen LogP contribution in [0.15, 0.2) is 12.2 Å². The Labute approximate surface area is 208 Å². The lowest BCUT2D eigenvalue weighted by Crippen LogP contribution is -2.37. The largest absolute Gasteiger partial charge is 0.378 e. The lowest BCUT2D eigenvalue weighted by atomic mass is 10.3. The number of aliphatic hydroxyl groups is 1. The van der Waals surface area contributed by atoms with Gasteiger partial charge in [-0.05, 0) is 6.08 Å². The molecule has 1 saturated heterocycles. The summed E-state index contributed by atoms with van der Waals surface area (Å²) in [5, 5.41) is 12.7. The summed E-state index contributed by atoms with van der Waals surface area (Å²) in [6, 6.07) is 0. The number of hydrogen-bond acceptors (Lipinski definition) is 11. The van der Waals surface area contributed by atoms with Crippen LogP contribution in [0.3, 0.4) is 0 Å². The van der Waals surface area contributed by atoms with Crippen molar-refractivity contribution in [3.8, 4) is 0 Å². The molecule has 0 radical (unpaired) electrons. The second kappa shape index (κ2) is 16.7. The molecular formula is C22H33N3O11. The fourth-order valence-electron chi connectivity index (χ4n) is 3.04. The average Bonchev–Trinajstić information content (AvgIpc) is 3.34. The molecule has 202 valence electrons. The van der Waals surface area contributed by atoms with Gasteiger partial charge in [-0.2, -0.15) is 0 Å². The zero-order valence-electron chi connectivity index (χ0n) is 20.1. The summed E-state index contributed by atoms with van der Waals surface area (Å²) < 4.78 is 21.3. The molecule has 0 unspecified atom stereocenters. The lowest BCUT2D eigenvalue weighted by molar-refractivity contribution is -0.198. The first kappa shape index (κ1) is 29.3. The van der Waals surface area contributed by atoms with E-state index in [9.17, 15) is 29.1 Å². The van der Waals surface area contributed by atoms with Gasteiger partial charge < -0.3 is 39.1 Å². The van der Waals surface area contributed by atoms with Crippen molar-refractivity contribution in [2.24, 2.45) is 0 Å². The molecule has 2 N–H and O–H groups in total. The molecule has 0 aliphatic carbocycles. The summed E-state index contributed by atoms with van der Waals surface area (Å²) in [5.74, 6) is -2.32. The zero-order valence-corrected chi connectivity index (χ0v) is 20.1. The molecule has 0 saturated carbocycles. The molecule has 2 aliphatic rings. The lowest BCUT2D eigenvalue weighted by Gasteiger charge is -2.19. The van der Waals surface area contributed by atoms with E-state index in [2.05, 4.69) is 5.32 Å². The average molecular weight is 516 g/mol. The first-order valence-electron chi connectivity index (χ1n) is 11.7. The van der Waals surface area contributed by atoms with Gasteiger partial charge in [0.05, 0.1) is 59.3 Å². The normalized spacial score (nSPS) is 17.4. The minimum absolute atomic E-state index is 0.0487. The van der Waals surface area contributed by atoms with Crippen LogP contribution in [0.25, 0.3) is 0 Å². The van der Waals surface area contributed by atoms with E-state index in [0.717, 1.165) is 0 Å². The Morgan fingerprint density at radius 2 is 1.42 bits per heavy atom. The Balaban J connectivity index is 1.29. The number of carbonyl (C=O) groups is 5. The van der Waals surface area contributed by atoms with Gasteiger partial charge in [0.25, 0.3) is 11.8 Å². The van der Waals surface area contributed by atoms with E-state index < -0.39 is 24.0 Å². The smallest absolute Gasteiger partial charge is 0.335 e. The molecule has 14 nitrogen and oxygen atoms in total. The molecule has 0 aromatic carbocycles. The first-order chi connectivity index (χ1) is 17.4. The fourth-order valence-corrected chi connectivity index (χ4v) is 3.04. The predicted molar refractivity (Wildman–Crippen MR) is 120 cm³/mol. The molecule has 14 heteroatoms. The van der Waals surface area contributed by atoms with Crippen molar-refractivity contribution in [1.82, 2.24) is 15.3 Å². The molecule has 4 amide bonds. The van der Waals surface area contributed by atoms with Crippen molar-refractivity contribution in [2.45, 2.75) is 31.9 Å². The third-order valence-corrected chi connectivity index (χ3v) is 4.93. The minimum Gasteiger partial charge on any atom is -0.378 e. The standard InChI is InChI=1S/C22H33N3O11/c26-17(5-8-24-18(27)1-2-19(24)28)23-7-10-33-12-14-35-16-15-34-13-11-32-9-6-22(31)36-25-20(29)3-4-21(25)30/h1-2,18,27H,3-16H2,(H,23,26)/t18-/m0/s1. The molecule has 2 heterocycles. The van der Waals surface area contributed by atoms with E-state index in [1.807, 2.05) is 0 Å². The van der Waals surface area contributed by atoms with Crippen LogP contribution in [0, 0.1) is 0 Å². The van der Waals surface area contributed by atoms with Crippen molar-refractivity contribution in [2.75, 3.05) is 65.9 Å². The SMILES string of the molecule is O=C(CCN1C(=O)C=C[C@@H]1O)NCCOCCOCCOCCOCCC(=O)ON1C(=O)CCC1=O. The van der Waals surface area contributed by atoms with Crippen LogP contribution < -0.4 is 5.32 Å². The molecular weight excluding hydrogens is 482 g/mol. The molecule has 0 aromatic rings. The molecule has 1 atom stereocenters. The maximum Gasteiger partial charge on any atom is 0.335 e. The first-order valence-corrected chi connectivity index (χ1v) is 11.7.